The Morgan fingerprint density at radius 3 is 0.875 bits per heavy atom. The average Bonchev–Trinajstić information content (AvgIpc) is 2.88. The summed E-state index contributed by atoms with van der Waals surface area (Å²) < 4.78 is 102. The molecule has 0 aliphatic rings. The van der Waals surface area contributed by atoms with E-state index >= 15 is 0 Å². The van der Waals surface area contributed by atoms with Crippen molar-refractivity contribution in [1.82, 2.24) is 5.39 Å². The maximum atomic E-state index is 12.5. The molecule has 0 amide bonds. The van der Waals surface area contributed by atoms with Crippen LogP contribution < -0.4 is 12.5 Å². The molecule has 16 heteroatoms. The Labute approximate surface area is 233 Å². The SMILES string of the molecule is CCc1ccc(OS(=O)(=O)ON(OS(=O)(=O)Oc2ccc(CC)cc2)OS(=O)(=O)Oc2ccc(CC)cc2)cc1. The van der Waals surface area contributed by atoms with Crippen LogP contribution in [0.4, 0.5) is 0 Å². The lowest BCUT2D eigenvalue weighted by molar-refractivity contribution is -0.409. The van der Waals surface area contributed by atoms with Crippen LogP contribution in [-0.4, -0.2) is 30.6 Å². The molecule has 3 aromatic rings. The van der Waals surface area contributed by atoms with Gasteiger partial charge in [-0.15, -0.1) is 0 Å². The highest BCUT2D eigenvalue weighted by Gasteiger charge is 2.34. The molecule has 0 fully saturated rings. The first-order valence-electron chi connectivity index (χ1n) is 11.8. The van der Waals surface area contributed by atoms with Gasteiger partial charge in [0.2, 0.25) is 0 Å². The lowest BCUT2D eigenvalue weighted by atomic mass is 10.2. The van der Waals surface area contributed by atoms with E-state index < -0.39 is 36.6 Å². The molecule has 40 heavy (non-hydrogen) atoms. The first-order chi connectivity index (χ1) is 18.8. The van der Waals surface area contributed by atoms with Gasteiger partial charge in [-0.2, -0.15) is 25.3 Å². The quantitative estimate of drug-likeness (QED) is 0.227. The molecule has 3 aromatic carbocycles. The van der Waals surface area contributed by atoms with Crippen molar-refractivity contribution in [2.45, 2.75) is 40.0 Å². The summed E-state index contributed by atoms with van der Waals surface area (Å²) in [6.07, 6.45) is 1.99. The van der Waals surface area contributed by atoms with Crippen LogP contribution in [-0.2, 0) is 63.3 Å². The Morgan fingerprint density at radius 2 is 0.675 bits per heavy atom. The number of nitrogens with zero attached hydrogens (tertiary/aromatic N) is 1. The summed E-state index contributed by atoms with van der Waals surface area (Å²) in [6.45, 7) is 5.64. The van der Waals surface area contributed by atoms with Crippen molar-refractivity contribution in [2.75, 3.05) is 0 Å². The molecule has 0 saturated carbocycles. The lowest BCUT2D eigenvalue weighted by Gasteiger charge is -2.17. The smallest absolute Gasteiger partial charge is 0.361 e. The zero-order valence-electron chi connectivity index (χ0n) is 21.6. The summed E-state index contributed by atoms with van der Waals surface area (Å²) >= 11 is 0. The molecule has 0 aromatic heterocycles. The predicted molar refractivity (Wildman–Crippen MR) is 141 cm³/mol. The van der Waals surface area contributed by atoms with E-state index in [0.717, 1.165) is 16.7 Å². The first kappa shape index (κ1) is 31.3. The third-order valence-electron chi connectivity index (χ3n) is 5.05. The maximum Gasteiger partial charge on any atom is 0.469 e. The Kier molecular flexibility index (Phi) is 10.5. The van der Waals surface area contributed by atoms with Crippen LogP contribution in [0.3, 0.4) is 0 Å². The summed E-state index contributed by atoms with van der Waals surface area (Å²) in [5.74, 6) is -0.702. The van der Waals surface area contributed by atoms with Gasteiger partial charge in [0.05, 0.1) is 0 Å². The zero-order valence-corrected chi connectivity index (χ0v) is 24.1. The van der Waals surface area contributed by atoms with Crippen molar-refractivity contribution in [3.8, 4) is 17.2 Å². The average molecular weight is 618 g/mol. The molecule has 218 valence electrons. The lowest BCUT2D eigenvalue weighted by Crippen LogP contribution is -2.36. The van der Waals surface area contributed by atoms with Gasteiger partial charge in [-0.05, 0) is 72.4 Å². The molecular formula is C24H27NO12S3. The van der Waals surface area contributed by atoms with Gasteiger partial charge in [-0.3, -0.25) is 0 Å². The molecular weight excluding hydrogens is 590 g/mol. The van der Waals surface area contributed by atoms with E-state index in [-0.39, 0.29) is 17.2 Å². The third kappa shape index (κ3) is 10.1. The molecule has 0 atom stereocenters. The van der Waals surface area contributed by atoms with Gasteiger partial charge in [0, 0.05) is 0 Å². The normalized spacial score (nSPS) is 12.3. The molecule has 13 nitrogen and oxygen atoms in total. The van der Waals surface area contributed by atoms with Crippen LogP contribution in [0.1, 0.15) is 37.5 Å². The molecule has 0 aliphatic carbocycles. The van der Waals surface area contributed by atoms with E-state index in [1.54, 1.807) is 36.4 Å². The maximum absolute atomic E-state index is 12.5. The topological polar surface area (TPSA) is 161 Å². The van der Waals surface area contributed by atoms with Gasteiger partial charge >= 0.3 is 31.2 Å². The zero-order chi connectivity index (χ0) is 29.4. The second-order valence-electron chi connectivity index (χ2n) is 7.91. The van der Waals surface area contributed by atoms with E-state index in [2.05, 4.69) is 12.9 Å². The fraction of sp³-hybridized carbons (Fsp3) is 0.250. The number of hydrogen-bond donors (Lipinski definition) is 0. The van der Waals surface area contributed by atoms with Crippen molar-refractivity contribution in [3.05, 3.63) is 89.5 Å². The Hall–Kier alpha value is -3.25. The predicted octanol–water partition coefficient (Wildman–Crippen LogP) is 3.74. The molecule has 0 aliphatic heterocycles. The van der Waals surface area contributed by atoms with Crippen LogP contribution in [0.5, 0.6) is 17.2 Å². The largest absolute Gasteiger partial charge is 0.469 e. The first-order valence-corrected chi connectivity index (χ1v) is 15.8. The minimum absolute atomic E-state index is 0.234. The van der Waals surface area contributed by atoms with Gasteiger partial charge in [-0.1, -0.05) is 70.0 Å². The summed E-state index contributed by atoms with van der Waals surface area (Å²) in [6, 6.07) is 17.2. The molecule has 0 radical (unpaired) electrons. The number of aryl methyl sites for hydroxylation is 3. The molecule has 0 heterocycles. The molecule has 0 saturated heterocycles. The number of hydrogen-bond acceptors (Lipinski definition) is 13. The molecule has 0 unspecified atom stereocenters. The monoisotopic (exact) mass is 617 g/mol. The summed E-state index contributed by atoms with van der Waals surface area (Å²) in [4.78, 5) is 0. The van der Waals surface area contributed by atoms with Crippen molar-refractivity contribution < 1.29 is 50.7 Å². The summed E-state index contributed by atoms with van der Waals surface area (Å²) in [5.41, 5.74) is 2.60. The van der Waals surface area contributed by atoms with E-state index in [9.17, 15) is 25.3 Å². The van der Waals surface area contributed by atoms with Gasteiger partial charge in [-0.25, -0.2) is 0 Å². The second-order valence-corrected chi connectivity index (χ2v) is 11.3. The fourth-order valence-electron chi connectivity index (χ4n) is 3.00. The van der Waals surface area contributed by atoms with Gasteiger partial charge in [0.1, 0.15) is 22.6 Å². The van der Waals surface area contributed by atoms with Crippen LogP contribution in [0, 0.1) is 0 Å². The standard InChI is InChI=1S/C24H27NO12S3/c1-4-19-7-13-22(14-8-19)32-38(26,27)35-25(36-39(28,29)33-23-15-9-20(5-2)10-16-23)37-40(30,31)34-24-17-11-21(6-3)12-18-24/h7-18H,4-6H2,1-3H3. The molecule has 0 spiro atoms. The highest BCUT2D eigenvalue weighted by molar-refractivity contribution is 7.83. The van der Waals surface area contributed by atoms with Crippen molar-refractivity contribution in [3.63, 3.8) is 0 Å². The van der Waals surface area contributed by atoms with E-state index in [0.29, 0.717) is 19.3 Å². The summed E-state index contributed by atoms with van der Waals surface area (Å²) in [7, 11) is -15.7. The van der Waals surface area contributed by atoms with Crippen LogP contribution in [0.25, 0.3) is 0 Å². The molecule has 0 bridgehead atoms. The van der Waals surface area contributed by atoms with Crippen molar-refractivity contribution in [2.24, 2.45) is 0 Å². The minimum atomic E-state index is -5.23. The van der Waals surface area contributed by atoms with Crippen LogP contribution in [0.15, 0.2) is 72.8 Å². The van der Waals surface area contributed by atoms with Crippen LogP contribution >= 0.6 is 0 Å². The van der Waals surface area contributed by atoms with E-state index in [1.165, 1.54) is 36.4 Å². The minimum Gasteiger partial charge on any atom is -0.361 e. The Morgan fingerprint density at radius 1 is 0.450 bits per heavy atom. The summed E-state index contributed by atoms with van der Waals surface area (Å²) in [5, 5.41) is -0.846. The van der Waals surface area contributed by atoms with E-state index in [4.69, 9.17) is 12.5 Å². The highest BCUT2D eigenvalue weighted by Crippen LogP contribution is 2.21. The van der Waals surface area contributed by atoms with Crippen molar-refractivity contribution >= 4 is 31.2 Å². The molecule has 3 rings (SSSR count). The highest BCUT2D eigenvalue weighted by atomic mass is 32.3. The number of rotatable bonds is 15. The van der Waals surface area contributed by atoms with E-state index in [1.807, 2.05) is 20.8 Å². The Balaban J connectivity index is 1.82. The Bertz CT molecular complexity index is 1380. The van der Waals surface area contributed by atoms with Gasteiger partial charge in [0.15, 0.2) is 0 Å². The second kappa shape index (κ2) is 13.4. The fourth-order valence-corrected chi connectivity index (χ4v) is 4.88. The third-order valence-corrected chi connectivity index (χ3v) is 7.15. The number of benzene rings is 3. The van der Waals surface area contributed by atoms with Crippen LogP contribution in [0.2, 0.25) is 0 Å². The van der Waals surface area contributed by atoms with Gasteiger partial charge < -0.3 is 12.5 Å². The van der Waals surface area contributed by atoms with Gasteiger partial charge in [0.25, 0.3) is 0 Å². The van der Waals surface area contributed by atoms with Crippen molar-refractivity contribution in [1.29, 1.82) is 0 Å². The molecule has 0 N–H and O–H groups in total.